The first kappa shape index (κ1) is 15.8. The quantitative estimate of drug-likeness (QED) is 0.675. The maximum atomic E-state index is 12.0. The van der Waals surface area contributed by atoms with Gasteiger partial charge in [-0.05, 0) is 51.3 Å². The number of carbonyl (C=O) groups is 1. The van der Waals surface area contributed by atoms with E-state index in [4.69, 9.17) is 5.73 Å². The lowest BCUT2D eigenvalue weighted by Crippen LogP contribution is -2.45. The van der Waals surface area contributed by atoms with E-state index in [1.165, 1.54) is 0 Å². The van der Waals surface area contributed by atoms with Gasteiger partial charge in [-0.3, -0.25) is 4.79 Å². The van der Waals surface area contributed by atoms with Crippen LogP contribution in [-0.2, 0) is 4.79 Å². The van der Waals surface area contributed by atoms with Gasteiger partial charge in [0.25, 0.3) is 0 Å². The SMILES string of the molecule is CSCC(C)(O)CNC(=O)C1CCC(CN)CC1. The summed E-state index contributed by atoms with van der Waals surface area (Å²) < 4.78 is 0. The molecular weight excluding hydrogens is 248 g/mol. The van der Waals surface area contributed by atoms with E-state index in [1.807, 2.05) is 6.26 Å². The van der Waals surface area contributed by atoms with Crippen molar-refractivity contribution in [1.82, 2.24) is 5.32 Å². The summed E-state index contributed by atoms with van der Waals surface area (Å²) in [7, 11) is 0. The molecule has 0 radical (unpaired) electrons. The lowest BCUT2D eigenvalue weighted by Gasteiger charge is -2.28. The molecule has 0 spiro atoms. The summed E-state index contributed by atoms with van der Waals surface area (Å²) in [5.74, 6) is 1.42. The van der Waals surface area contributed by atoms with E-state index < -0.39 is 5.60 Å². The van der Waals surface area contributed by atoms with Gasteiger partial charge in [0.05, 0.1) is 5.60 Å². The highest BCUT2D eigenvalue weighted by molar-refractivity contribution is 7.98. The Kier molecular flexibility index (Phi) is 6.46. The molecule has 1 aliphatic carbocycles. The molecule has 1 amide bonds. The first-order chi connectivity index (χ1) is 8.48. The molecule has 0 aliphatic heterocycles. The van der Waals surface area contributed by atoms with Crippen molar-refractivity contribution in [3.63, 3.8) is 0 Å². The van der Waals surface area contributed by atoms with Gasteiger partial charge in [0, 0.05) is 18.2 Å². The smallest absolute Gasteiger partial charge is 0.223 e. The van der Waals surface area contributed by atoms with Crippen LogP contribution < -0.4 is 11.1 Å². The number of carbonyl (C=O) groups excluding carboxylic acids is 1. The fourth-order valence-electron chi connectivity index (χ4n) is 2.44. The average molecular weight is 274 g/mol. The molecule has 4 N–H and O–H groups in total. The van der Waals surface area contributed by atoms with E-state index in [2.05, 4.69) is 5.32 Å². The number of aliphatic hydroxyl groups is 1. The van der Waals surface area contributed by atoms with Gasteiger partial charge in [-0.25, -0.2) is 0 Å². The molecule has 4 nitrogen and oxygen atoms in total. The van der Waals surface area contributed by atoms with Crippen molar-refractivity contribution in [3.05, 3.63) is 0 Å². The van der Waals surface area contributed by atoms with Gasteiger partial charge in [0.2, 0.25) is 5.91 Å². The maximum absolute atomic E-state index is 12.0. The summed E-state index contributed by atoms with van der Waals surface area (Å²) in [4.78, 5) is 12.0. The lowest BCUT2D eigenvalue weighted by molar-refractivity contribution is -0.127. The fourth-order valence-corrected chi connectivity index (χ4v) is 3.17. The molecule has 0 bridgehead atoms. The third-order valence-corrected chi connectivity index (χ3v) is 4.56. The number of nitrogens with two attached hydrogens (primary N) is 1. The summed E-state index contributed by atoms with van der Waals surface area (Å²) in [6.07, 6.45) is 5.91. The average Bonchev–Trinajstić information content (AvgIpc) is 2.36. The summed E-state index contributed by atoms with van der Waals surface area (Å²) in [6, 6.07) is 0. The van der Waals surface area contributed by atoms with E-state index in [0.29, 0.717) is 18.2 Å². The highest BCUT2D eigenvalue weighted by Crippen LogP contribution is 2.28. The Morgan fingerprint density at radius 2 is 2.06 bits per heavy atom. The van der Waals surface area contributed by atoms with Crippen molar-refractivity contribution in [2.24, 2.45) is 17.6 Å². The zero-order chi connectivity index (χ0) is 13.6. The second kappa shape index (κ2) is 7.36. The largest absolute Gasteiger partial charge is 0.387 e. The molecule has 1 fully saturated rings. The topological polar surface area (TPSA) is 75.3 Å². The number of hydrogen-bond acceptors (Lipinski definition) is 4. The predicted molar refractivity (Wildman–Crippen MR) is 76.5 cm³/mol. The highest BCUT2D eigenvalue weighted by atomic mass is 32.2. The second-order valence-electron chi connectivity index (χ2n) is 5.60. The molecule has 1 unspecified atom stereocenters. The molecule has 5 heteroatoms. The Bertz CT molecular complexity index is 264. The molecule has 106 valence electrons. The third kappa shape index (κ3) is 5.16. The molecule has 1 saturated carbocycles. The zero-order valence-electron chi connectivity index (χ0n) is 11.4. The first-order valence-electron chi connectivity index (χ1n) is 6.67. The minimum atomic E-state index is -0.816. The molecule has 0 heterocycles. The molecule has 1 aliphatic rings. The van der Waals surface area contributed by atoms with Crippen molar-refractivity contribution < 1.29 is 9.90 Å². The van der Waals surface area contributed by atoms with Crippen LogP contribution >= 0.6 is 11.8 Å². The van der Waals surface area contributed by atoms with Crippen molar-refractivity contribution >= 4 is 17.7 Å². The highest BCUT2D eigenvalue weighted by Gasteiger charge is 2.27. The van der Waals surface area contributed by atoms with E-state index >= 15 is 0 Å². The Morgan fingerprint density at radius 3 is 2.56 bits per heavy atom. The molecule has 0 saturated heterocycles. The van der Waals surface area contributed by atoms with Crippen LogP contribution in [0.5, 0.6) is 0 Å². The molecule has 0 aromatic carbocycles. The van der Waals surface area contributed by atoms with Crippen molar-refractivity contribution in [1.29, 1.82) is 0 Å². The number of thioether (sulfide) groups is 1. The lowest BCUT2D eigenvalue weighted by atomic mass is 9.81. The molecule has 1 atom stereocenters. The van der Waals surface area contributed by atoms with Gasteiger partial charge < -0.3 is 16.2 Å². The number of amides is 1. The van der Waals surface area contributed by atoms with Gasteiger partial charge in [-0.2, -0.15) is 11.8 Å². The van der Waals surface area contributed by atoms with Crippen molar-refractivity contribution in [2.45, 2.75) is 38.2 Å². The van der Waals surface area contributed by atoms with Crippen LogP contribution in [0, 0.1) is 11.8 Å². The Morgan fingerprint density at radius 1 is 1.44 bits per heavy atom. The fraction of sp³-hybridized carbons (Fsp3) is 0.923. The summed E-state index contributed by atoms with van der Waals surface area (Å²) in [6.45, 7) is 2.83. The Balaban J connectivity index is 2.29. The number of rotatable bonds is 6. The molecule has 0 aromatic heterocycles. The van der Waals surface area contributed by atoms with Gasteiger partial charge in [0.1, 0.15) is 0 Å². The van der Waals surface area contributed by atoms with Crippen LogP contribution in [0.25, 0.3) is 0 Å². The van der Waals surface area contributed by atoms with Gasteiger partial charge in [-0.1, -0.05) is 0 Å². The minimum absolute atomic E-state index is 0.0897. The first-order valence-corrected chi connectivity index (χ1v) is 8.07. The third-order valence-electron chi connectivity index (χ3n) is 3.65. The standard InChI is InChI=1S/C13H26N2O2S/c1-13(17,9-18-2)8-15-12(16)11-5-3-10(7-14)4-6-11/h10-11,17H,3-9,14H2,1-2H3,(H,15,16). The van der Waals surface area contributed by atoms with E-state index in [-0.39, 0.29) is 11.8 Å². The van der Waals surface area contributed by atoms with E-state index in [1.54, 1.807) is 18.7 Å². The van der Waals surface area contributed by atoms with Gasteiger partial charge in [-0.15, -0.1) is 0 Å². The van der Waals surface area contributed by atoms with Crippen LogP contribution in [0.4, 0.5) is 0 Å². The van der Waals surface area contributed by atoms with E-state index in [9.17, 15) is 9.90 Å². The molecule has 18 heavy (non-hydrogen) atoms. The molecular formula is C13H26N2O2S. The van der Waals surface area contributed by atoms with Crippen LogP contribution in [0.3, 0.4) is 0 Å². The van der Waals surface area contributed by atoms with Gasteiger partial charge >= 0.3 is 0 Å². The Hall–Kier alpha value is -0.260. The summed E-state index contributed by atoms with van der Waals surface area (Å²) in [5.41, 5.74) is 4.82. The van der Waals surface area contributed by atoms with Crippen LogP contribution in [0.1, 0.15) is 32.6 Å². The predicted octanol–water partition coefficient (Wildman–Crippen LogP) is 0.982. The summed E-state index contributed by atoms with van der Waals surface area (Å²) in [5, 5.41) is 12.9. The Labute approximate surface area is 114 Å². The zero-order valence-corrected chi connectivity index (χ0v) is 12.3. The van der Waals surface area contributed by atoms with E-state index in [0.717, 1.165) is 32.2 Å². The number of nitrogens with one attached hydrogen (secondary N) is 1. The van der Waals surface area contributed by atoms with Crippen LogP contribution in [0.2, 0.25) is 0 Å². The van der Waals surface area contributed by atoms with Crippen molar-refractivity contribution in [2.75, 3.05) is 25.1 Å². The number of hydrogen-bond donors (Lipinski definition) is 3. The monoisotopic (exact) mass is 274 g/mol. The van der Waals surface area contributed by atoms with Crippen LogP contribution in [-0.4, -0.2) is 41.7 Å². The summed E-state index contributed by atoms with van der Waals surface area (Å²) >= 11 is 1.58. The maximum Gasteiger partial charge on any atom is 0.223 e. The molecule has 1 rings (SSSR count). The second-order valence-corrected chi connectivity index (χ2v) is 6.47. The normalized spacial score (nSPS) is 27.6. The van der Waals surface area contributed by atoms with Crippen LogP contribution in [0.15, 0.2) is 0 Å². The minimum Gasteiger partial charge on any atom is -0.387 e. The van der Waals surface area contributed by atoms with Gasteiger partial charge in [0.15, 0.2) is 0 Å². The van der Waals surface area contributed by atoms with Crippen molar-refractivity contribution in [3.8, 4) is 0 Å². The molecule has 0 aromatic rings.